The molecule has 0 aliphatic carbocycles. The van der Waals surface area contributed by atoms with Crippen molar-refractivity contribution in [1.29, 1.82) is 0 Å². The zero-order chi connectivity index (χ0) is 21.6. The zero-order valence-corrected chi connectivity index (χ0v) is 19.0. The van der Waals surface area contributed by atoms with Crippen LogP contribution in [-0.2, 0) is 15.0 Å². The number of hydrazine groups is 1. The van der Waals surface area contributed by atoms with E-state index in [-0.39, 0.29) is 18.6 Å². The highest BCUT2D eigenvalue weighted by atomic mass is 79.9. The van der Waals surface area contributed by atoms with E-state index in [1.165, 1.54) is 0 Å². The Hall–Kier alpha value is -2.54. The number of rotatable bonds is 6. The van der Waals surface area contributed by atoms with Gasteiger partial charge in [0, 0.05) is 0 Å². The number of carbonyl (C=O) groups excluding carboxylic acids is 2. The fourth-order valence-electron chi connectivity index (χ4n) is 2.39. The summed E-state index contributed by atoms with van der Waals surface area (Å²) < 4.78 is 11.7. The highest BCUT2D eigenvalue weighted by Gasteiger charge is 2.16. The predicted molar refractivity (Wildman–Crippen MR) is 116 cm³/mol. The number of nitrogens with one attached hydrogen (secondary N) is 2. The summed E-state index contributed by atoms with van der Waals surface area (Å²) in [6.07, 6.45) is 0. The summed E-state index contributed by atoms with van der Waals surface area (Å²) in [6, 6.07) is 11.3. The first-order valence-corrected chi connectivity index (χ1v) is 10.1. The van der Waals surface area contributed by atoms with Crippen molar-refractivity contribution in [1.82, 2.24) is 10.9 Å². The number of hydrogen-bond donors (Lipinski definition) is 2. The molecule has 0 aliphatic heterocycles. The van der Waals surface area contributed by atoms with Gasteiger partial charge in [-0.05, 0) is 76.1 Å². The van der Waals surface area contributed by atoms with Crippen LogP contribution in [-0.4, -0.2) is 25.0 Å². The van der Waals surface area contributed by atoms with Crippen LogP contribution in [0.25, 0.3) is 0 Å². The van der Waals surface area contributed by atoms with Crippen LogP contribution in [0.3, 0.4) is 0 Å². The molecule has 0 fully saturated rings. The Bertz CT molecular complexity index is 891. The van der Waals surface area contributed by atoms with E-state index < -0.39 is 11.8 Å². The van der Waals surface area contributed by atoms with Crippen LogP contribution < -0.4 is 20.3 Å². The maximum Gasteiger partial charge on any atom is 0.276 e. The van der Waals surface area contributed by atoms with Gasteiger partial charge in [-0.15, -0.1) is 0 Å². The van der Waals surface area contributed by atoms with Crippen LogP contribution in [0.4, 0.5) is 0 Å². The van der Waals surface area contributed by atoms with E-state index in [1.807, 2.05) is 44.2 Å². The van der Waals surface area contributed by atoms with Crippen LogP contribution in [0.5, 0.6) is 11.5 Å². The van der Waals surface area contributed by atoms with E-state index in [9.17, 15) is 9.59 Å². The molecule has 29 heavy (non-hydrogen) atoms. The van der Waals surface area contributed by atoms with E-state index in [4.69, 9.17) is 9.47 Å². The second-order valence-corrected chi connectivity index (χ2v) is 8.67. The third-order valence-electron chi connectivity index (χ3n) is 4.35. The maximum absolute atomic E-state index is 11.9. The van der Waals surface area contributed by atoms with Gasteiger partial charge in [-0.2, -0.15) is 0 Å². The fourth-order valence-corrected chi connectivity index (χ4v) is 2.89. The molecule has 0 radical (unpaired) electrons. The minimum absolute atomic E-state index is 0.0159. The molecule has 0 saturated carbocycles. The molecule has 0 aromatic heterocycles. The second kappa shape index (κ2) is 9.78. The number of carbonyl (C=O) groups is 2. The number of halogens is 1. The van der Waals surface area contributed by atoms with Gasteiger partial charge >= 0.3 is 0 Å². The van der Waals surface area contributed by atoms with Gasteiger partial charge < -0.3 is 9.47 Å². The summed E-state index contributed by atoms with van der Waals surface area (Å²) in [7, 11) is 0. The van der Waals surface area contributed by atoms with E-state index >= 15 is 0 Å². The molecule has 0 spiro atoms. The Morgan fingerprint density at radius 1 is 0.897 bits per heavy atom. The average molecular weight is 463 g/mol. The van der Waals surface area contributed by atoms with E-state index in [1.54, 1.807) is 6.07 Å². The minimum atomic E-state index is -0.476. The van der Waals surface area contributed by atoms with Crippen molar-refractivity contribution in [3.05, 3.63) is 57.6 Å². The molecule has 0 bridgehead atoms. The Balaban J connectivity index is 1.75. The maximum atomic E-state index is 11.9. The molecule has 0 aliphatic rings. The van der Waals surface area contributed by atoms with Crippen LogP contribution >= 0.6 is 15.9 Å². The number of amides is 2. The van der Waals surface area contributed by atoms with Crippen molar-refractivity contribution in [2.24, 2.45) is 0 Å². The lowest BCUT2D eigenvalue weighted by Crippen LogP contribution is -2.45. The molecule has 2 rings (SSSR count). The molecule has 0 atom stereocenters. The lowest BCUT2D eigenvalue weighted by Gasteiger charge is -2.20. The molecular weight excluding hydrogens is 436 g/mol. The lowest BCUT2D eigenvalue weighted by atomic mass is 9.87. The van der Waals surface area contributed by atoms with Gasteiger partial charge in [-0.3, -0.25) is 20.4 Å². The van der Waals surface area contributed by atoms with Gasteiger partial charge in [0.1, 0.15) is 11.5 Å². The highest BCUT2D eigenvalue weighted by molar-refractivity contribution is 9.10. The van der Waals surface area contributed by atoms with Crippen molar-refractivity contribution >= 4 is 27.7 Å². The summed E-state index contributed by atoms with van der Waals surface area (Å²) in [5.74, 6) is 0.211. The molecule has 0 heterocycles. The number of ether oxygens (including phenoxy) is 2. The van der Waals surface area contributed by atoms with E-state index in [0.717, 1.165) is 21.2 Å². The molecule has 2 aromatic carbocycles. The fraction of sp³-hybridized carbons (Fsp3) is 0.364. The predicted octanol–water partition coefficient (Wildman–Crippen LogP) is 3.97. The van der Waals surface area contributed by atoms with Gasteiger partial charge in [0.25, 0.3) is 11.8 Å². The third kappa shape index (κ3) is 7.09. The van der Waals surface area contributed by atoms with Gasteiger partial charge in [-0.1, -0.05) is 32.9 Å². The third-order valence-corrected chi connectivity index (χ3v) is 4.97. The van der Waals surface area contributed by atoms with E-state index in [0.29, 0.717) is 11.5 Å². The van der Waals surface area contributed by atoms with E-state index in [2.05, 4.69) is 47.6 Å². The number of aryl methyl sites for hydroxylation is 2. The van der Waals surface area contributed by atoms with Crippen LogP contribution in [0.15, 0.2) is 40.9 Å². The Labute approximate surface area is 180 Å². The summed E-state index contributed by atoms with van der Waals surface area (Å²) in [5, 5.41) is 0. The van der Waals surface area contributed by atoms with Gasteiger partial charge in [0.15, 0.2) is 13.2 Å². The largest absolute Gasteiger partial charge is 0.484 e. The second-order valence-electron chi connectivity index (χ2n) is 7.81. The highest BCUT2D eigenvalue weighted by Crippen LogP contribution is 2.31. The molecule has 2 N–H and O–H groups in total. The smallest absolute Gasteiger partial charge is 0.276 e. The van der Waals surface area contributed by atoms with Gasteiger partial charge in [0.2, 0.25) is 0 Å². The zero-order valence-electron chi connectivity index (χ0n) is 17.4. The van der Waals surface area contributed by atoms with Gasteiger partial charge in [0.05, 0.1) is 4.47 Å². The van der Waals surface area contributed by atoms with Crippen molar-refractivity contribution in [2.45, 2.75) is 40.0 Å². The standard InChI is InChI=1S/C22H27BrN2O4/c1-14-6-8-17(10-15(14)2)28-12-20(26)24-25-21(27)13-29-19-9-7-16(11-18(19)23)22(3,4)5/h6-11H,12-13H2,1-5H3,(H,24,26)(H,25,27). The summed E-state index contributed by atoms with van der Waals surface area (Å²) in [4.78, 5) is 23.7. The normalized spacial score (nSPS) is 11.0. The molecule has 0 saturated heterocycles. The van der Waals surface area contributed by atoms with Crippen LogP contribution in [0, 0.1) is 13.8 Å². The summed E-state index contributed by atoms with van der Waals surface area (Å²) in [5.41, 5.74) is 8.00. The Morgan fingerprint density at radius 3 is 2.07 bits per heavy atom. The summed E-state index contributed by atoms with van der Waals surface area (Å²) in [6.45, 7) is 9.90. The van der Waals surface area contributed by atoms with Crippen molar-refractivity contribution in [3.8, 4) is 11.5 Å². The first-order valence-electron chi connectivity index (χ1n) is 9.27. The molecule has 6 nitrogen and oxygen atoms in total. The molecular formula is C22H27BrN2O4. The van der Waals surface area contributed by atoms with Crippen molar-refractivity contribution in [3.63, 3.8) is 0 Å². The average Bonchev–Trinajstić information content (AvgIpc) is 2.65. The summed E-state index contributed by atoms with van der Waals surface area (Å²) >= 11 is 3.46. The van der Waals surface area contributed by atoms with Crippen molar-refractivity contribution < 1.29 is 19.1 Å². The number of benzene rings is 2. The minimum Gasteiger partial charge on any atom is -0.484 e. The lowest BCUT2D eigenvalue weighted by molar-refractivity contribution is -0.131. The molecule has 7 heteroatoms. The van der Waals surface area contributed by atoms with Crippen LogP contribution in [0.1, 0.15) is 37.5 Å². The monoisotopic (exact) mass is 462 g/mol. The SMILES string of the molecule is Cc1ccc(OCC(=O)NNC(=O)COc2ccc(C(C)(C)C)cc2Br)cc1C. The molecule has 2 aromatic rings. The number of hydrogen-bond acceptors (Lipinski definition) is 4. The van der Waals surface area contributed by atoms with Crippen LogP contribution in [0.2, 0.25) is 0 Å². The molecule has 2 amide bonds. The Kier molecular flexibility index (Phi) is 7.67. The quantitative estimate of drug-likeness (QED) is 0.636. The molecule has 0 unspecified atom stereocenters. The first-order chi connectivity index (χ1) is 13.6. The Morgan fingerprint density at radius 2 is 1.52 bits per heavy atom. The van der Waals surface area contributed by atoms with Crippen molar-refractivity contribution in [2.75, 3.05) is 13.2 Å². The van der Waals surface area contributed by atoms with Gasteiger partial charge in [-0.25, -0.2) is 0 Å². The molecule has 156 valence electrons. The topological polar surface area (TPSA) is 76.7 Å². The first kappa shape index (κ1) is 22.7.